The minimum atomic E-state index is -0.949. The molecular formula is C28H30NO4+. The van der Waals surface area contributed by atoms with Crippen LogP contribution < -0.4 is 4.74 Å². The standard InChI is InChI=1S/C28H29NO4/c1-20-7-6-10-25-24(20)17-18-29(26(30)15-16-27(31)32,28(25)22-8-4-3-5-9-22)19-21-11-13-23(33-2)14-12-21/h3-14,28H,15-19H2,1-2H3/p+1. The van der Waals surface area contributed by atoms with Gasteiger partial charge in [-0.05, 0) is 42.3 Å². The number of ether oxygens (including phenoxy) is 1. The van der Waals surface area contributed by atoms with Crippen molar-refractivity contribution in [3.63, 3.8) is 0 Å². The molecule has 5 nitrogen and oxygen atoms in total. The molecule has 1 aliphatic rings. The highest BCUT2D eigenvalue weighted by Crippen LogP contribution is 2.44. The van der Waals surface area contributed by atoms with Crippen LogP contribution in [0.1, 0.15) is 46.7 Å². The third kappa shape index (κ3) is 4.55. The number of carboxylic acids is 1. The predicted molar refractivity (Wildman–Crippen MR) is 127 cm³/mol. The van der Waals surface area contributed by atoms with Gasteiger partial charge < -0.3 is 9.84 Å². The molecule has 0 saturated heterocycles. The molecule has 0 aromatic heterocycles. The SMILES string of the molecule is COc1ccc(C[N+]2(C(=O)CCC(=O)O)CCc3c(C)cccc3C2c2ccccc2)cc1. The van der Waals surface area contributed by atoms with Crippen LogP contribution in [-0.4, -0.2) is 35.1 Å². The highest BCUT2D eigenvalue weighted by atomic mass is 16.5. The smallest absolute Gasteiger partial charge is 0.315 e. The van der Waals surface area contributed by atoms with E-state index >= 15 is 0 Å². The van der Waals surface area contributed by atoms with E-state index < -0.39 is 5.97 Å². The molecule has 1 N–H and O–H groups in total. The summed E-state index contributed by atoms with van der Waals surface area (Å²) >= 11 is 0. The Morgan fingerprint density at radius 2 is 1.70 bits per heavy atom. The molecule has 0 aliphatic carbocycles. The number of fused-ring (bicyclic) bond motifs is 1. The van der Waals surface area contributed by atoms with Gasteiger partial charge in [0.2, 0.25) is 0 Å². The highest BCUT2D eigenvalue weighted by molar-refractivity contribution is 5.77. The monoisotopic (exact) mass is 444 g/mol. The van der Waals surface area contributed by atoms with Gasteiger partial charge in [0.25, 0.3) is 0 Å². The van der Waals surface area contributed by atoms with Crippen molar-refractivity contribution >= 4 is 11.9 Å². The summed E-state index contributed by atoms with van der Waals surface area (Å²) in [6.45, 7) is 3.24. The summed E-state index contributed by atoms with van der Waals surface area (Å²) in [5.74, 6) is -0.216. The van der Waals surface area contributed by atoms with Gasteiger partial charge in [-0.1, -0.05) is 48.5 Å². The van der Waals surface area contributed by atoms with Crippen LogP contribution in [0.5, 0.6) is 5.75 Å². The van der Waals surface area contributed by atoms with E-state index in [0.717, 1.165) is 28.9 Å². The maximum absolute atomic E-state index is 13.9. The van der Waals surface area contributed by atoms with E-state index in [1.807, 2.05) is 42.5 Å². The highest BCUT2D eigenvalue weighted by Gasteiger charge is 2.49. The average molecular weight is 445 g/mol. The molecule has 2 unspecified atom stereocenters. The maximum atomic E-state index is 13.9. The molecule has 1 aliphatic heterocycles. The van der Waals surface area contributed by atoms with Crippen LogP contribution in [-0.2, 0) is 22.6 Å². The molecule has 0 fully saturated rings. The van der Waals surface area contributed by atoms with Crippen LogP contribution in [0.25, 0.3) is 0 Å². The number of nitrogens with zero attached hydrogens (tertiary/aromatic N) is 1. The summed E-state index contributed by atoms with van der Waals surface area (Å²) in [5, 5.41) is 9.30. The first-order chi connectivity index (χ1) is 15.9. The molecule has 0 radical (unpaired) electrons. The summed E-state index contributed by atoms with van der Waals surface area (Å²) in [6, 6.07) is 24.1. The van der Waals surface area contributed by atoms with Gasteiger partial charge in [0, 0.05) is 23.1 Å². The minimum Gasteiger partial charge on any atom is -0.497 e. The van der Waals surface area contributed by atoms with Crippen molar-refractivity contribution in [2.45, 2.75) is 38.8 Å². The fourth-order valence-corrected chi connectivity index (χ4v) is 5.15. The number of benzene rings is 3. The number of amides is 1. The summed E-state index contributed by atoms with van der Waals surface area (Å²) in [7, 11) is 1.63. The molecule has 170 valence electrons. The molecule has 3 aromatic carbocycles. The number of hydrogen-bond donors (Lipinski definition) is 1. The Morgan fingerprint density at radius 1 is 0.970 bits per heavy atom. The van der Waals surface area contributed by atoms with Crippen LogP contribution in [0.3, 0.4) is 0 Å². The number of hydrogen-bond acceptors (Lipinski definition) is 3. The van der Waals surface area contributed by atoms with Crippen molar-refractivity contribution in [2.24, 2.45) is 0 Å². The first-order valence-corrected chi connectivity index (χ1v) is 11.3. The molecule has 4 rings (SSSR count). The van der Waals surface area contributed by atoms with Crippen molar-refractivity contribution in [2.75, 3.05) is 13.7 Å². The number of aliphatic carboxylic acids is 1. The van der Waals surface area contributed by atoms with Gasteiger partial charge in [-0.15, -0.1) is 0 Å². The van der Waals surface area contributed by atoms with Crippen LogP contribution in [0.4, 0.5) is 0 Å². The molecule has 1 heterocycles. The molecule has 3 aromatic rings. The van der Waals surface area contributed by atoms with Gasteiger partial charge >= 0.3 is 11.9 Å². The third-order valence-electron chi connectivity index (χ3n) is 6.78. The fraction of sp³-hybridized carbons (Fsp3) is 0.286. The molecule has 0 saturated carbocycles. The molecule has 2 atom stereocenters. The second-order valence-corrected chi connectivity index (χ2v) is 8.76. The predicted octanol–water partition coefficient (Wildman–Crippen LogP) is 5.06. The number of carbonyl (C=O) groups excluding carboxylic acids is 1. The number of carboxylic acid groups (broad SMARTS) is 1. The van der Waals surface area contributed by atoms with Gasteiger partial charge in [-0.2, -0.15) is 0 Å². The summed E-state index contributed by atoms with van der Waals surface area (Å²) in [4.78, 5) is 25.3. The van der Waals surface area contributed by atoms with Crippen molar-refractivity contribution in [3.05, 3.63) is 101 Å². The lowest BCUT2D eigenvalue weighted by molar-refractivity contribution is -0.895. The third-order valence-corrected chi connectivity index (χ3v) is 6.78. The van der Waals surface area contributed by atoms with Crippen LogP contribution in [0.15, 0.2) is 72.8 Å². The van der Waals surface area contributed by atoms with Crippen LogP contribution >= 0.6 is 0 Å². The van der Waals surface area contributed by atoms with Gasteiger partial charge in [0.1, 0.15) is 18.3 Å². The van der Waals surface area contributed by atoms with E-state index in [4.69, 9.17) is 4.74 Å². The normalized spacial score (nSPS) is 19.5. The average Bonchev–Trinajstić information content (AvgIpc) is 2.83. The van der Waals surface area contributed by atoms with Crippen LogP contribution in [0, 0.1) is 6.92 Å². The van der Waals surface area contributed by atoms with Crippen molar-refractivity contribution in [1.82, 2.24) is 0 Å². The molecule has 33 heavy (non-hydrogen) atoms. The van der Waals surface area contributed by atoms with E-state index in [2.05, 4.69) is 37.3 Å². The summed E-state index contributed by atoms with van der Waals surface area (Å²) in [6.07, 6.45) is 0.625. The first-order valence-electron chi connectivity index (χ1n) is 11.3. The van der Waals surface area contributed by atoms with Gasteiger partial charge in [-0.25, -0.2) is 9.28 Å². The Morgan fingerprint density at radius 3 is 2.36 bits per heavy atom. The number of quaternary nitrogens is 1. The van der Waals surface area contributed by atoms with E-state index in [0.29, 0.717) is 13.1 Å². The quantitative estimate of drug-likeness (QED) is 0.518. The fourth-order valence-electron chi connectivity index (χ4n) is 5.15. The zero-order valence-corrected chi connectivity index (χ0v) is 19.2. The molecular weight excluding hydrogens is 414 g/mol. The summed E-state index contributed by atoms with van der Waals surface area (Å²) in [5.41, 5.74) is 5.77. The van der Waals surface area contributed by atoms with Gasteiger partial charge in [0.05, 0.1) is 26.5 Å². The Labute approximate surface area is 194 Å². The van der Waals surface area contributed by atoms with Crippen LogP contribution in [0.2, 0.25) is 0 Å². The largest absolute Gasteiger partial charge is 0.497 e. The van der Waals surface area contributed by atoms with Crippen molar-refractivity contribution < 1.29 is 23.9 Å². The zero-order valence-electron chi connectivity index (χ0n) is 19.2. The molecule has 0 bridgehead atoms. The number of methoxy groups -OCH3 is 1. The lowest BCUT2D eigenvalue weighted by Gasteiger charge is -2.47. The van der Waals surface area contributed by atoms with Crippen molar-refractivity contribution in [1.29, 1.82) is 0 Å². The second kappa shape index (κ2) is 9.59. The second-order valence-electron chi connectivity index (χ2n) is 8.76. The number of carbonyl (C=O) groups is 2. The Balaban J connectivity index is 1.88. The van der Waals surface area contributed by atoms with E-state index in [1.165, 1.54) is 11.1 Å². The Bertz CT molecular complexity index is 1140. The van der Waals surface area contributed by atoms with Gasteiger partial charge in [-0.3, -0.25) is 4.79 Å². The minimum absolute atomic E-state index is 0.00989. The van der Waals surface area contributed by atoms with E-state index in [9.17, 15) is 14.7 Å². The molecule has 1 amide bonds. The Kier molecular flexibility index (Phi) is 6.61. The Hall–Kier alpha value is -3.44. The zero-order chi connectivity index (χ0) is 23.4. The number of aryl methyl sites for hydroxylation is 1. The lowest BCUT2D eigenvalue weighted by Crippen LogP contribution is -2.58. The topological polar surface area (TPSA) is 63.6 Å². The molecule has 0 spiro atoms. The van der Waals surface area contributed by atoms with E-state index in [-0.39, 0.29) is 29.3 Å². The van der Waals surface area contributed by atoms with E-state index in [1.54, 1.807) is 7.11 Å². The maximum Gasteiger partial charge on any atom is 0.315 e. The first kappa shape index (κ1) is 22.7. The number of rotatable bonds is 7. The lowest BCUT2D eigenvalue weighted by atomic mass is 9.83. The summed E-state index contributed by atoms with van der Waals surface area (Å²) < 4.78 is 5.49. The van der Waals surface area contributed by atoms with Gasteiger partial charge in [0.15, 0.2) is 0 Å². The van der Waals surface area contributed by atoms with Crippen molar-refractivity contribution in [3.8, 4) is 5.75 Å². The molecule has 5 heteroatoms.